The number of anilines is 1. The zero-order valence-electron chi connectivity index (χ0n) is 7.58. The van der Waals surface area contributed by atoms with Gasteiger partial charge in [0.2, 0.25) is 0 Å². The molecule has 2 N–H and O–H groups in total. The molecule has 15 heavy (non-hydrogen) atoms. The van der Waals surface area contributed by atoms with Gasteiger partial charge in [-0.1, -0.05) is 0 Å². The van der Waals surface area contributed by atoms with E-state index in [9.17, 15) is 10.1 Å². The van der Waals surface area contributed by atoms with Crippen molar-refractivity contribution < 1.29 is 4.92 Å². The smallest absolute Gasteiger partial charge is 0.272 e. The maximum absolute atomic E-state index is 10.6. The van der Waals surface area contributed by atoms with E-state index in [1.54, 1.807) is 17.8 Å². The zero-order valence-corrected chi connectivity index (χ0v) is 8.40. The van der Waals surface area contributed by atoms with Crippen LogP contribution in [0.3, 0.4) is 0 Å². The lowest BCUT2D eigenvalue weighted by Crippen LogP contribution is -1.92. The van der Waals surface area contributed by atoms with Crippen LogP contribution < -0.4 is 5.73 Å². The Balaban J connectivity index is 2.54. The summed E-state index contributed by atoms with van der Waals surface area (Å²) in [5.74, 6) is 0. The van der Waals surface area contributed by atoms with E-state index in [1.165, 1.54) is 23.5 Å². The predicted molar refractivity (Wildman–Crippen MR) is 58.6 cm³/mol. The van der Waals surface area contributed by atoms with E-state index >= 15 is 0 Å². The van der Waals surface area contributed by atoms with Crippen molar-refractivity contribution in [1.29, 1.82) is 0 Å². The lowest BCUT2D eigenvalue weighted by molar-refractivity contribution is -0.384. The van der Waals surface area contributed by atoms with Crippen LogP contribution in [0, 0.1) is 10.1 Å². The van der Waals surface area contributed by atoms with E-state index < -0.39 is 4.92 Å². The van der Waals surface area contributed by atoms with Crippen LogP contribution in [-0.2, 0) is 0 Å². The standard InChI is InChI=1S/C9H7N3O2S/c10-7-1-6(9-4-11-5-15-9)2-8(3-7)12(13)14/h1-5H,10H2. The predicted octanol–water partition coefficient (Wildman–Crippen LogP) is 2.30. The highest BCUT2D eigenvalue weighted by atomic mass is 32.1. The zero-order chi connectivity index (χ0) is 10.8. The molecule has 2 rings (SSSR count). The van der Waals surface area contributed by atoms with Crippen molar-refractivity contribution in [2.45, 2.75) is 0 Å². The Kier molecular flexibility index (Phi) is 2.34. The number of hydrogen-bond acceptors (Lipinski definition) is 5. The Morgan fingerprint density at radius 1 is 1.40 bits per heavy atom. The molecule has 6 heteroatoms. The van der Waals surface area contributed by atoms with Gasteiger partial charge < -0.3 is 5.73 Å². The van der Waals surface area contributed by atoms with Gasteiger partial charge in [-0.3, -0.25) is 15.1 Å². The minimum atomic E-state index is -0.457. The van der Waals surface area contributed by atoms with Crippen molar-refractivity contribution in [2.75, 3.05) is 5.73 Å². The highest BCUT2D eigenvalue weighted by Gasteiger charge is 2.10. The average Bonchev–Trinajstić information content (AvgIpc) is 2.69. The van der Waals surface area contributed by atoms with Gasteiger partial charge in [0, 0.05) is 29.6 Å². The summed E-state index contributed by atoms with van der Waals surface area (Å²) in [6.07, 6.45) is 1.66. The van der Waals surface area contributed by atoms with Gasteiger partial charge in [-0.05, 0) is 6.07 Å². The number of nitrogen functional groups attached to an aromatic ring is 1. The molecule has 0 spiro atoms. The molecular weight excluding hydrogens is 214 g/mol. The molecule has 0 bridgehead atoms. The fourth-order valence-electron chi connectivity index (χ4n) is 1.24. The number of nitro benzene ring substituents is 1. The van der Waals surface area contributed by atoms with E-state index in [2.05, 4.69) is 4.98 Å². The number of aromatic nitrogens is 1. The summed E-state index contributed by atoms with van der Waals surface area (Å²) in [4.78, 5) is 14.9. The molecule has 0 aliphatic heterocycles. The molecule has 0 atom stereocenters. The molecule has 0 saturated heterocycles. The Morgan fingerprint density at radius 2 is 2.20 bits per heavy atom. The summed E-state index contributed by atoms with van der Waals surface area (Å²) in [7, 11) is 0. The normalized spacial score (nSPS) is 10.1. The van der Waals surface area contributed by atoms with Crippen molar-refractivity contribution in [3.05, 3.63) is 40.0 Å². The second kappa shape index (κ2) is 3.66. The summed E-state index contributed by atoms with van der Waals surface area (Å²) in [6.45, 7) is 0. The third kappa shape index (κ3) is 1.94. The van der Waals surface area contributed by atoms with Crippen LogP contribution in [0.2, 0.25) is 0 Å². The molecule has 1 aromatic carbocycles. The maximum atomic E-state index is 10.6. The van der Waals surface area contributed by atoms with Gasteiger partial charge in [-0.15, -0.1) is 11.3 Å². The first-order valence-corrected chi connectivity index (χ1v) is 4.98. The summed E-state index contributed by atoms with van der Waals surface area (Å²) in [6, 6.07) is 4.52. The molecule has 0 radical (unpaired) electrons. The van der Waals surface area contributed by atoms with Gasteiger partial charge in [-0.25, -0.2) is 0 Å². The topological polar surface area (TPSA) is 82.0 Å². The molecule has 2 aromatic rings. The summed E-state index contributed by atoms with van der Waals surface area (Å²) >= 11 is 1.42. The molecular formula is C9H7N3O2S. The fourth-order valence-corrected chi connectivity index (χ4v) is 1.85. The Labute approximate surface area is 89.3 Å². The Bertz CT molecular complexity index is 496. The highest BCUT2D eigenvalue weighted by molar-refractivity contribution is 7.13. The minimum Gasteiger partial charge on any atom is -0.399 e. The van der Waals surface area contributed by atoms with E-state index in [4.69, 9.17) is 5.73 Å². The second-order valence-electron chi connectivity index (χ2n) is 2.94. The van der Waals surface area contributed by atoms with Crippen molar-refractivity contribution in [2.24, 2.45) is 0 Å². The van der Waals surface area contributed by atoms with Gasteiger partial charge in [0.25, 0.3) is 5.69 Å². The lowest BCUT2D eigenvalue weighted by atomic mass is 10.1. The molecule has 1 aromatic heterocycles. The van der Waals surface area contributed by atoms with Crippen molar-refractivity contribution >= 4 is 22.7 Å². The van der Waals surface area contributed by atoms with Crippen molar-refractivity contribution in [1.82, 2.24) is 4.98 Å². The number of rotatable bonds is 2. The molecule has 0 aliphatic carbocycles. The van der Waals surface area contributed by atoms with Crippen molar-refractivity contribution in [3.63, 3.8) is 0 Å². The third-order valence-corrected chi connectivity index (χ3v) is 2.69. The summed E-state index contributed by atoms with van der Waals surface area (Å²) < 4.78 is 0. The van der Waals surface area contributed by atoms with E-state index in [0.29, 0.717) is 5.69 Å². The van der Waals surface area contributed by atoms with Gasteiger partial charge in [0.05, 0.1) is 15.3 Å². The SMILES string of the molecule is Nc1cc(-c2cncs2)cc([N+](=O)[O-])c1. The van der Waals surface area contributed by atoms with Crippen LogP contribution in [0.15, 0.2) is 29.9 Å². The first-order chi connectivity index (χ1) is 7.16. The first kappa shape index (κ1) is 9.60. The highest BCUT2D eigenvalue weighted by Crippen LogP contribution is 2.29. The second-order valence-corrected chi connectivity index (χ2v) is 3.82. The first-order valence-electron chi connectivity index (χ1n) is 4.10. The Morgan fingerprint density at radius 3 is 2.80 bits per heavy atom. The number of non-ortho nitro benzene ring substituents is 1. The molecule has 1 heterocycles. The van der Waals surface area contributed by atoms with Crippen LogP contribution >= 0.6 is 11.3 Å². The maximum Gasteiger partial charge on any atom is 0.272 e. The number of nitro groups is 1. The molecule has 0 unspecified atom stereocenters. The fraction of sp³-hybridized carbons (Fsp3) is 0. The number of nitrogens with zero attached hydrogens (tertiary/aromatic N) is 2. The quantitative estimate of drug-likeness (QED) is 0.479. The van der Waals surface area contributed by atoms with Gasteiger partial charge in [-0.2, -0.15) is 0 Å². The number of hydrogen-bond donors (Lipinski definition) is 1. The third-order valence-electron chi connectivity index (χ3n) is 1.87. The van der Waals surface area contributed by atoms with Crippen LogP contribution in [0.25, 0.3) is 10.4 Å². The molecule has 0 fully saturated rings. The molecule has 0 aliphatic rings. The molecule has 5 nitrogen and oxygen atoms in total. The number of nitrogens with two attached hydrogens (primary N) is 1. The van der Waals surface area contributed by atoms with Gasteiger partial charge >= 0.3 is 0 Å². The molecule has 76 valence electrons. The summed E-state index contributed by atoms with van der Waals surface area (Å²) in [5.41, 5.74) is 8.36. The Hall–Kier alpha value is -1.95. The largest absolute Gasteiger partial charge is 0.399 e. The van der Waals surface area contributed by atoms with Crippen LogP contribution in [0.5, 0.6) is 0 Å². The van der Waals surface area contributed by atoms with Crippen LogP contribution in [-0.4, -0.2) is 9.91 Å². The monoisotopic (exact) mass is 221 g/mol. The molecule has 0 amide bonds. The minimum absolute atomic E-state index is 0.00148. The van der Waals surface area contributed by atoms with E-state index in [-0.39, 0.29) is 5.69 Å². The number of benzene rings is 1. The van der Waals surface area contributed by atoms with Crippen LogP contribution in [0.1, 0.15) is 0 Å². The summed E-state index contributed by atoms with van der Waals surface area (Å²) in [5, 5.41) is 10.6. The van der Waals surface area contributed by atoms with Crippen molar-refractivity contribution in [3.8, 4) is 10.4 Å². The van der Waals surface area contributed by atoms with E-state index in [0.717, 1.165) is 10.4 Å². The van der Waals surface area contributed by atoms with Gasteiger partial charge in [0.15, 0.2) is 0 Å². The average molecular weight is 221 g/mol. The number of thiazole rings is 1. The molecule has 0 saturated carbocycles. The van der Waals surface area contributed by atoms with Crippen LogP contribution in [0.4, 0.5) is 11.4 Å². The van der Waals surface area contributed by atoms with E-state index in [1.807, 2.05) is 0 Å². The lowest BCUT2D eigenvalue weighted by Gasteiger charge is -1.99. The van der Waals surface area contributed by atoms with Gasteiger partial charge in [0.1, 0.15) is 0 Å².